The van der Waals surface area contributed by atoms with Crippen molar-refractivity contribution in [2.24, 2.45) is 0 Å². The van der Waals surface area contributed by atoms with Crippen LogP contribution in [0, 0.1) is 0 Å². The fraction of sp³-hybridized carbons (Fsp3) is 0.471. The summed E-state index contributed by atoms with van der Waals surface area (Å²) < 4.78 is 0. The molecular weight excluding hydrogens is 232 g/mol. The molecular formula is C17H22N2. The van der Waals surface area contributed by atoms with Crippen LogP contribution >= 0.6 is 0 Å². The lowest BCUT2D eigenvalue weighted by Crippen LogP contribution is -2.06. The standard InChI is InChI=1S/C17H22N2/c1-3-6-13-11-16(18-2)15-10-9-12-7-4-5-8-14(12)17(15)19-13/h9-11H,3-8H2,1-2H3,(H,18,19). The van der Waals surface area contributed by atoms with Gasteiger partial charge in [-0.15, -0.1) is 0 Å². The summed E-state index contributed by atoms with van der Waals surface area (Å²) in [7, 11) is 2.00. The van der Waals surface area contributed by atoms with Gasteiger partial charge in [0, 0.05) is 23.8 Å². The minimum Gasteiger partial charge on any atom is -0.388 e. The molecule has 100 valence electrons. The third kappa shape index (κ3) is 2.20. The van der Waals surface area contributed by atoms with Crippen molar-refractivity contribution >= 4 is 16.6 Å². The Labute approximate surface area is 115 Å². The van der Waals surface area contributed by atoms with Gasteiger partial charge in [-0.3, -0.25) is 4.98 Å². The van der Waals surface area contributed by atoms with E-state index in [-0.39, 0.29) is 0 Å². The number of hydrogen-bond donors (Lipinski definition) is 1. The smallest absolute Gasteiger partial charge is 0.0760 e. The monoisotopic (exact) mass is 254 g/mol. The lowest BCUT2D eigenvalue weighted by atomic mass is 9.89. The van der Waals surface area contributed by atoms with E-state index in [0.29, 0.717) is 0 Å². The van der Waals surface area contributed by atoms with E-state index in [9.17, 15) is 0 Å². The molecule has 0 bridgehead atoms. The first-order chi connectivity index (χ1) is 9.33. The molecule has 0 amide bonds. The summed E-state index contributed by atoms with van der Waals surface area (Å²) in [5.41, 5.74) is 6.70. The predicted octanol–water partition coefficient (Wildman–Crippen LogP) is 4.11. The summed E-state index contributed by atoms with van der Waals surface area (Å²) in [6.45, 7) is 2.21. The van der Waals surface area contributed by atoms with Gasteiger partial charge in [-0.2, -0.15) is 0 Å². The summed E-state index contributed by atoms with van der Waals surface area (Å²) in [5.74, 6) is 0. The van der Waals surface area contributed by atoms with E-state index in [0.717, 1.165) is 12.8 Å². The third-order valence-corrected chi connectivity index (χ3v) is 4.13. The summed E-state index contributed by atoms with van der Waals surface area (Å²) in [6, 6.07) is 6.76. The number of nitrogens with zero attached hydrogens (tertiary/aromatic N) is 1. The number of benzene rings is 1. The van der Waals surface area contributed by atoms with Crippen LogP contribution in [0.1, 0.15) is 43.0 Å². The highest BCUT2D eigenvalue weighted by Gasteiger charge is 2.15. The van der Waals surface area contributed by atoms with E-state index in [1.807, 2.05) is 7.05 Å². The Morgan fingerprint density at radius 1 is 1.21 bits per heavy atom. The van der Waals surface area contributed by atoms with Crippen LogP contribution in [0.25, 0.3) is 10.9 Å². The molecule has 2 heteroatoms. The Hall–Kier alpha value is -1.57. The molecule has 2 aromatic rings. The highest BCUT2D eigenvalue weighted by Crippen LogP contribution is 2.32. The molecule has 0 atom stereocenters. The van der Waals surface area contributed by atoms with Gasteiger partial charge in [0.2, 0.25) is 0 Å². The molecule has 1 aliphatic carbocycles. The lowest BCUT2D eigenvalue weighted by Gasteiger charge is -2.19. The normalized spacial score (nSPS) is 14.4. The SMILES string of the molecule is CCCc1cc(NC)c2ccc3c(c2n1)CCCC3. The second-order valence-corrected chi connectivity index (χ2v) is 5.47. The molecule has 3 rings (SSSR count). The molecule has 1 aromatic heterocycles. The summed E-state index contributed by atoms with van der Waals surface area (Å²) in [4.78, 5) is 4.95. The van der Waals surface area contributed by atoms with E-state index in [2.05, 4.69) is 30.4 Å². The number of nitrogens with one attached hydrogen (secondary N) is 1. The number of pyridine rings is 1. The maximum absolute atomic E-state index is 4.95. The lowest BCUT2D eigenvalue weighted by molar-refractivity contribution is 0.688. The van der Waals surface area contributed by atoms with Crippen molar-refractivity contribution in [3.63, 3.8) is 0 Å². The van der Waals surface area contributed by atoms with Gasteiger partial charge < -0.3 is 5.32 Å². The van der Waals surface area contributed by atoms with Crippen molar-refractivity contribution in [2.45, 2.75) is 45.4 Å². The van der Waals surface area contributed by atoms with Crippen LogP contribution in [0.4, 0.5) is 5.69 Å². The second kappa shape index (κ2) is 5.20. The Morgan fingerprint density at radius 3 is 2.84 bits per heavy atom. The molecule has 1 aromatic carbocycles. The van der Waals surface area contributed by atoms with E-state index >= 15 is 0 Å². The van der Waals surface area contributed by atoms with Gasteiger partial charge in [-0.25, -0.2) is 0 Å². The molecule has 0 fully saturated rings. The van der Waals surface area contributed by atoms with E-state index < -0.39 is 0 Å². The highest BCUT2D eigenvalue weighted by molar-refractivity contribution is 5.94. The van der Waals surface area contributed by atoms with Crippen molar-refractivity contribution in [3.05, 3.63) is 35.0 Å². The fourth-order valence-electron chi connectivity index (χ4n) is 3.16. The van der Waals surface area contributed by atoms with Crippen LogP contribution in [-0.4, -0.2) is 12.0 Å². The van der Waals surface area contributed by atoms with Crippen molar-refractivity contribution in [2.75, 3.05) is 12.4 Å². The van der Waals surface area contributed by atoms with Crippen LogP contribution in [0.5, 0.6) is 0 Å². The number of fused-ring (bicyclic) bond motifs is 3. The number of hydrogen-bond acceptors (Lipinski definition) is 2. The van der Waals surface area contributed by atoms with E-state index in [1.54, 1.807) is 0 Å². The van der Waals surface area contributed by atoms with Crippen molar-refractivity contribution in [1.82, 2.24) is 4.98 Å². The Morgan fingerprint density at radius 2 is 2.05 bits per heavy atom. The van der Waals surface area contributed by atoms with Crippen LogP contribution in [0.15, 0.2) is 18.2 Å². The Balaban J connectivity index is 2.25. The van der Waals surface area contributed by atoms with Gasteiger partial charge in [-0.05, 0) is 49.3 Å². The molecule has 0 saturated heterocycles. The molecule has 1 N–H and O–H groups in total. The van der Waals surface area contributed by atoms with Gasteiger partial charge in [0.1, 0.15) is 0 Å². The largest absolute Gasteiger partial charge is 0.388 e. The number of aromatic nitrogens is 1. The van der Waals surface area contributed by atoms with Gasteiger partial charge in [0.15, 0.2) is 0 Å². The molecule has 1 heterocycles. The number of aryl methyl sites for hydroxylation is 3. The molecule has 0 radical (unpaired) electrons. The van der Waals surface area contributed by atoms with Gasteiger partial charge in [0.25, 0.3) is 0 Å². The molecule has 19 heavy (non-hydrogen) atoms. The molecule has 0 unspecified atom stereocenters. The first-order valence-corrected chi connectivity index (χ1v) is 7.45. The Bertz CT molecular complexity index is 602. The zero-order valence-corrected chi connectivity index (χ0v) is 11.9. The second-order valence-electron chi connectivity index (χ2n) is 5.47. The van der Waals surface area contributed by atoms with Crippen LogP contribution in [-0.2, 0) is 19.3 Å². The summed E-state index contributed by atoms with van der Waals surface area (Å²) in [5, 5.41) is 4.62. The van der Waals surface area contributed by atoms with E-state index in [1.165, 1.54) is 59.1 Å². The Kier molecular flexibility index (Phi) is 3.41. The summed E-state index contributed by atoms with van der Waals surface area (Å²) >= 11 is 0. The van der Waals surface area contributed by atoms with Gasteiger partial charge in [-0.1, -0.05) is 25.5 Å². The third-order valence-electron chi connectivity index (χ3n) is 4.13. The number of anilines is 1. The first-order valence-electron chi connectivity index (χ1n) is 7.45. The minimum absolute atomic E-state index is 1.06. The highest BCUT2D eigenvalue weighted by atomic mass is 14.8. The quantitative estimate of drug-likeness (QED) is 0.891. The molecule has 0 saturated carbocycles. The van der Waals surface area contributed by atoms with Crippen molar-refractivity contribution in [1.29, 1.82) is 0 Å². The van der Waals surface area contributed by atoms with Crippen LogP contribution in [0.3, 0.4) is 0 Å². The predicted molar refractivity (Wildman–Crippen MR) is 81.9 cm³/mol. The topological polar surface area (TPSA) is 24.9 Å². The number of rotatable bonds is 3. The molecule has 0 aliphatic heterocycles. The maximum atomic E-state index is 4.95. The van der Waals surface area contributed by atoms with Crippen molar-refractivity contribution < 1.29 is 0 Å². The fourth-order valence-corrected chi connectivity index (χ4v) is 3.16. The zero-order valence-electron chi connectivity index (χ0n) is 11.9. The van der Waals surface area contributed by atoms with Crippen LogP contribution < -0.4 is 5.32 Å². The minimum atomic E-state index is 1.06. The molecule has 2 nitrogen and oxygen atoms in total. The van der Waals surface area contributed by atoms with Gasteiger partial charge >= 0.3 is 0 Å². The average Bonchev–Trinajstić information content (AvgIpc) is 2.46. The maximum Gasteiger partial charge on any atom is 0.0760 e. The van der Waals surface area contributed by atoms with Crippen molar-refractivity contribution in [3.8, 4) is 0 Å². The van der Waals surface area contributed by atoms with Crippen LogP contribution in [0.2, 0.25) is 0 Å². The first kappa shape index (κ1) is 12.5. The van der Waals surface area contributed by atoms with Gasteiger partial charge in [0.05, 0.1) is 5.52 Å². The molecule has 0 spiro atoms. The summed E-state index contributed by atoms with van der Waals surface area (Å²) in [6.07, 6.45) is 7.26. The zero-order chi connectivity index (χ0) is 13.2. The molecule has 1 aliphatic rings. The van der Waals surface area contributed by atoms with E-state index in [4.69, 9.17) is 4.98 Å². The average molecular weight is 254 g/mol.